The second kappa shape index (κ2) is 7.84. The van der Waals surface area contributed by atoms with Gasteiger partial charge in [0.05, 0.1) is 6.04 Å². The highest BCUT2D eigenvalue weighted by atomic mass is 15.0. The van der Waals surface area contributed by atoms with E-state index in [1.165, 1.54) is 63.4 Å². The van der Waals surface area contributed by atoms with Gasteiger partial charge in [0.15, 0.2) is 0 Å². The molecule has 0 spiro atoms. The van der Waals surface area contributed by atoms with Crippen molar-refractivity contribution in [3.8, 4) is 11.8 Å². The molecule has 2 aliphatic carbocycles. The van der Waals surface area contributed by atoms with Gasteiger partial charge >= 0.3 is 0 Å². The fraction of sp³-hybridized carbons (Fsp3) is 0.619. The van der Waals surface area contributed by atoms with Crippen molar-refractivity contribution in [2.45, 2.75) is 76.8 Å². The predicted octanol–water partition coefficient (Wildman–Crippen LogP) is 4.83. The largest absolute Gasteiger partial charge is 0.301 e. The zero-order valence-electron chi connectivity index (χ0n) is 13.9. The molecule has 1 aromatic rings. The van der Waals surface area contributed by atoms with Crippen LogP contribution in [0.25, 0.3) is 0 Å². The van der Waals surface area contributed by atoms with Gasteiger partial charge < -0.3 is 5.32 Å². The van der Waals surface area contributed by atoms with Gasteiger partial charge in [-0.15, -0.1) is 0 Å². The quantitative estimate of drug-likeness (QED) is 0.788. The SMILES string of the molecule is Cc1ccc(C#CC(NC2CCCCC2)C2CCCC2)cc1. The molecule has 2 saturated carbocycles. The molecule has 118 valence electrons. The monoisotopic (exact) mass is 295 g/mol. The molecule has 1 unspecified atom stereocenters. The van der Waals surface area contributed by atoms with E-state index in [2.05, 4.69) is 48.3 Å². The van der Waals surface area contributed by atoms with Crippen molar-refractivity contribution in [2.75, 3.05) is 0 Å². The van der Waals surface area contributed by atoms with Gasteiger partial charge in [-0.3, -0.25) is 0 Å². The summed E-state index contributed by atoms with van der Waals surface area (Å²) in [7, 11) is 0. The van der Waals surface area contributed by atoms with Crippen molar-refractivity contribution in [1.82, 2.24) is 5.32 Å². The van der Waals surface area contributed by atoms with Gasteiger partial charge in [-0.1, -0.05) is 61.6 Å². The van der Waals surface area contributed by atoms with Crippen LogP contribution in [0, 0.1) is 24.7 Å². The number of hydrogen-bond acceptors (Lipinski definition) is 1. The van der Waals surface area contributed by atoms with Gasteiger partial charge in [0.25, 0.3) is 0 Å². The smallest absolute Gasteiger partial charge is 0.0724 e. The Morgan fingerprint density at radius 2 is 1.55 bits per heavy atom. The van der Waals surface area contributed by atoms with Gasteiger partial charge in [0.2, 0.25) is 0 Å². The third kappa shape index (κ3) is 4.37. The molecule has 0 heterocycles. The summed E-state index contributed by atoms with van der Waals surface area (Å²) in [6.45, 7) is 2.13. The van der Waals surface area contributed by atoms with Crippen LogP contribution in [0.15, 0.2) is 24.3 Å². The van der Waals surface area contributed by atoms with E-state index in [0.29, 0.717) is 12.1 Å². The van der Waals surface area contributed by atoms with Crippen molar-refractivity contribution < 1.29 is 0 Å². The van der Waals surface area contributed by atoms with E-state index >= 15 is 0 Å². The summed E-state index contributed by atoms with van der Waals surface area (Å²) in [6, 6.07) is 9.70. The van der Waals surface area contributed by atoms with E-state index in [9.17, 15) is 0 Å². The minimum absolute atomic E-state index is 0.395. The first-order valence-electron chi connectivity index (χ1n) is 9.15. The predicted molar refractivity (Wildman–Crippen MR) is 93.8 cm³/mol. The lowest BCUT2D eigenvalue weighted by atomic mass is 9.92. The zero-order chi connectivity index (χ0) is 15.2. The summed E-state index contributed by atoms with van der Waals surface area (Å²) in [4.78, 5) is 0. The summed E-state index contributed by atoms with van der Waals surface area (Å²) < 4.78 is 0. The van der Waals surface area contributed by atoms with E-state index in [4.69, 9.17) is 0 Å². The molecule has 0 bridgehead atoms. The van der Waals surface area contributed by atoms with Crippen LogP contribution in [-0.2, 0) is 0 Å². The molecule has 1 atom stereocenters. The minimum Gasteiger partial charge on any atom is -0.301 e. The molecule has 0 amide bonds. The van der Waals surface area contributed by atoms with Crippen molar-refractivity contribution in [3.63, 3.8) is 0 Å². The Balaban J connectivity index is 1.69. The molecule has 0 saturated heterocycles. The van der Waals surface area contributed by atoms with Gasteiger partial charge in [-0.25, -0.2) is 0 Å². The standard InChI is InChI=1S/C21H29N/c1-17-11-13-18(14-12-17)15-16-21(19-7-5-6-8-19)22-20-9-3-2-4-10-20/h11-14,19-22H,2-10H2,1H3. The lowest BCUT2D eigenvalue weighted by Gasteiger charge is -2.29. The van der Waals surface area contributed by atoms with Crippen LogP contribution < -0.4 is 5.32 Å². The average Bonchev–Trinajstić information content (AvgIpc) is 3.08. The fourth-order valence-electron chi connectivity index (χ4n) is 3.91. The van der Waals surface area contributed by atoms with Gasteiger partial charge in [-0.05, 0) is 50.7 Å². The van der Waals surface area contributed by atoms with Crippen molar-refractivity contribution >= 4 is 0 Å². The highest BCUT2D eigenvalue weighted by Gasteiger charge is 2.26. The number of hydrogen-bond donors (Lipinski definition) is 1. The molecule has 22 heavy (non-hydrogen) atoms. The summed E-state index contributed by atoms with van der Waals surface area (Å²) in [5.41, 5.74) is 2.46. The second-order valence-electron chi connectivity index (χ2n) is 7.16. The van der Waals surface area contributed by atoms with E-state index in [0.717, 1.165) is 11.5 Å². The first kappa shape index (κ1) is 15.6. The Kier molecular flexibility index (Phi) is 5.57. The highest BCUT2D eigenvalue weighted by molar-refractivity contribution is 5.37. The molecule has 1 N–H and O–H groups in total. The zero-order valence-corrected chi connectivity index (χ0v) is 13.9. The van der Waals surface area contributed by atoms with Crippen LogP contribution in [0.3, 0.4) is 0 Å². The summed E-state index contributed by atoms with van der Waals surface area (Å²) in [5.74, 6) is 7.77. The van der Waals surface area contributed by atoms with Crippen molar-refractivity contribution in [1.29, 1.82) is 0 Å². The van der Waals surface area contributed by atoms with E-state index in [1.807, 2.05) is 0 Å². The third-order valence-corrected chi connectivity index (χ3v) is 5.32. The number of rotatable bonds is 3. The topological polar surface area (TPSA) is 12.0 Å². The van der Waals surface area contributed by atoms with Crippen LogP contribution in [0.4, 0.5) is 0 Å². The maximum Gasteiger partial charge on any atom is 0.0724 e. The van der Waals surface area contributed by atoms with Gasteiger partial charge in [0, 0.05) is 11.6 Å². The normalized spacial score (nSPS) is 21.3. The molecule has 2 fully saturated rings. The van der Waals surface area contributed by atoms with Crippen LogP contribution in [0.5, 0.6) is 0 Å². The van der Waals surface area contributed by atoms with E-state index < -0.39 is 0 Å². The summed E-state index contributed by atoms with van der Waals surface area (Å²) >= 11 is 0. The van der Waals surface area contributed by atoms with Gasteiger partial charge in [0.1, 0.15) is 0 Å². The molecule has 0 aromatic heterocycles. The number of benzene rings is 1. The summed E-state index contributed by atoms with van der Waals surface area (Å²) in [5, 5.41) is 3.91. The highest BCUT2D eigenvalue weighted by Crippen LogP contribution is 2.29. The second-order valence-corrected chi connectivity index (χ2v) is 7.16. The lowest BCUT2D eigenvalue weighted by Crippen LogP contribution is -2.42. The third-order valence-electron chi connectivity index (χ3n) is 5.32. The van der Waals surface area contributed by atoms with Crippen molar-refractivity contribution in [2.24, 2.45) is 5.92 Å². The van der Waals surface area contributed by atoms with Crippen LogP contribution in [0.1, 0.15) is 68.9 Å². The average molecular weight is 295 g/mol. The van der Waals surface area contributed by atoms with E-state index in [1.54, 1.807) is 0 Å². The summed E-state index contributed by atoms with van der Waals surface area (Å²) in [6.07, 6.45) is 12.4. The molecule has 2 aliphatic rings. The van der Waals surface area contributed by atoms with Crippen LogP contribution in [0.2, 0.25) is 0 Å². The molecule has 1 heteroatoms. The first-order valence-corrected chi connectivity index (χ1v) is 9.15. The van der Waals surface area contributed by atoms with Crippen LogP contribution in [-0.4, -0.2) is 12.1 Å². The molecule has 0 aliphatic heterocycles. The number of nitrogens with one attached hydrogen (secondary N) is 1. The minimum atomic E-state index is 0.395. The Morgan fingerprint density at radius 3 is 2.23 bits per heavy atom. The molecule has 1 nitrogen and oxygen atoms in total. The first-order chi connectivity index (χ1) is 10.8. The maximum absolute atomic E-state index is 3.91. The Bertz CT molecular complexity index is 507. The maximum atomic E-state index is 3.91. The molecule has 0 radical (unpaired) electrons. The van der Waals surface area contributed by atoms with Crippen molar-refractivity contribution in [3.05, 3.63) is 35.4 Å². The molecule has 3 rings (SSSR count). The molecular formula is C21H29N. The van der Waals surface area contributed by atoms with Crippen LogP contribution >= 0.6 is 0 Å². The lowest BCUT2D eigenvalue weighted by molar-refractivity contribution is 0.316. The Morgan fingerprint density at radius 1 is 0.909 bits per heavy atom. The molecular weight excluding hydrogens is 266 g/mol. The fourth-order valence-corrected chi connectivity index (χ4v) is 3.91. The Labute approximate surface area is 135 Å². The van der Waals surface area contributed by atoms with E-state index in [-0.39, 0.29) is 0 Å². The molecule has 1 aromatic carbocycles. The van der Waals surface area contributed by atoms with Gasteiger partial charge in [-0.2, -0.15) is 0 Å². The Hall–Kier alpha value is -1.26. The number of aryl methyl sites for hydroxylation is 1.